The standard InChI is InChI=1S/C15H23NO2/c1-11(2)18-13-8-6-7-12(9-13)10-16-14(17)15(3,4)5/h6-9,11H,10H2,1-5H3,(H,16,17). The van der Waals surface area contributed by atoms with E-state index in [-0.39, 0.29) is 17.4 Å². The molecular formula is C15H23NO2. The predicted octanol–water partition coefficient (Wildman–Crippen LogP) is 3.14. The lowest BCUT2D eigenvalue weighted by atomic mass is 9.95. The van der Waals surface area contributed by atoms with Gasteiger partial charge in [0.05, 0.1) is 6.10 Å². The molecule has 0 heterocycles. The van der Waals surface area contributed by atoms with Crippen LogP contribution >= 0.6 is 0 Å². The Morgan fingerprint density at radius 3 is 2.56 bits per heavy atom. The van der Waals surface area contributed by atoms with Gasteiger partial charge in [-0.1, -0.05) is 32.9 Å². The molecule has 1 aromatic carbocycles. The normalized spacial score (nSPS) is 11.4. The van der Waals surface area contributed by atoms with Gasteiger partial charge in [-0.25, -0.2) is 0 Å². The fourth-order valence-electron chi connectivity index (χ4n) is 1.45. The van der Waals surface area contributed by atoms with Gasteiger partial charge in [0.1, 0.15) is 5.75 Å². The number of carbonyl (C=O) groups is 1. The van der Waals surface area contributed by atoms with Crippen molar-refractivity contribution in [1.29, 1.82) is 0 Å². The Morgan fingerprint density at radius 1 is 1.33 bits per heavy atom. The first kappa shape index (κ1) is 14.6. The van der Waals surface area contributed by atoms with Crippen LogP contribution in [0, 0.1) is 5.41 Å². The summed E-state index contributed by atoms with van der Waals surface area (Å²) in [5.41, 5.74) is 0.692. The Morgan fingerprint density at radius 2 is 2.00 bits per heavy atom. The zero-order chi connectivity index (χ0) is 13.8. The second kappa shape index (κ2) is 5.89. The van der Waals surface area contributed by atoms with Crippen molar-refractivity contribution in [3.8, 4) is 5.75 Å². The van der Waals surface area contributed by atoms with Crippen LogP contribution in [0.15, 0.2) is 24.3 Å². The molecule has 1 rings (SSSR count). The summed E-state index contributed by atoms with van der Waals surface area (Å²) in [5.74, 6) is 0.894. The summed E-state index contributed by atoms with van der Waals surface area (Å²) in [6.07, 6.45) is 0.157. The van der Waals surface area contributed by atoms with Crippen molar-refractivity contribution in [2.24, 2.45) is 5.41 Å². The minimum atomic E-state index is -0.355. The molecule has 1 N–H and O–H groups in total. The molecule has 0 saturated heterocycles. The van der Waals surface area contributed by atoms with Crippen LogP contribution in [0.25, 0.3) is 0 Å². The van der Waals surface area contributed by atoms with E-state index in [0.717, 1.165) is 11.3 Å². The van der Waals surface area contributed by atoms with Gasteiger partial charge in [-0.05, 0) is 31.5 Å². The van der Waals surface area contributed by atoms with Gasteiger partial charge in [-0.15, -0.1) is 0 Å². The number of carbonyl (C=O) groups excluding carboxylic acids is 1. The third kappa shape index (κ3) is 4.78. The van der Waals surface area contributed by atoms with Crippen LogP contribution in [0.2, 0.25) is 0 Å². The fourth-order valence-corrected chi connectivity index (χ4v) is 1.45. The number of nitrogens with one attached hydrogen (secondary N) is 1. The maximum atomic E-state index is 11.8. The number of rotatable bonds is 4. The van der Waals surface area contributed by atoms with E-state index in [0.29, 0.717) is 6.54 Å². The van der Waals surface area contributed by atoms with Crippen molar-refractivity contribution in [2.45, 2.75) is 47.3 Å². The van der Waals surface area contributed by atoms with Crippen LogP contribution in [0.1, 0.15) is 40.2 Å². The molecule has 0 bridgehead atoms. The number of hydrogen-bond donors (Lipinski definition) is 1. The van der Waals surface area contributed by atoms with Gasteiger partial charge in [0.2, 0.25) is 5.91 Å². The number of benzene rings is 1. The third-order valence-electron chi connectivity index (χ3n) is 2.40. The summed E-state index contributed by atoms with van der Waals surface area (Å²) in [5, 5.41) is 2.92. The topological polar surface area (TPSA) is 38.3 Å². The molecule has 0 aliphatic rings. The van der Waals surface area contributed by atoms with Crippen molar-refractivity contribution < 1.29 is 9.53 Å². The van der Waals surface area contributed by atoms with Crippen molar-refractivity contribution in [2.75, 3.05) is 0 Å². The van der Waals surface area contributed by atoms with Crippen LogP contribution < -0.4 is 10.1 Å². The molecule has 100 valence electrons. The first-order valence-electron chi connectivity index (χ1n) is 6.33. The molecule has 0 saturated carbocycles. The maximum absolute atomic E-state index is 11.8. The van der Waals surface area contributed by atoms with E-state index in [2.05, 4.69) is 5.32 Å². The average molecular weight is 249 g/mol. The predicted molar refractivity (Wildman–Crippen MR) is 73.5 cm³/mol. The Hall–Kier alpha value is -1.51. The molecule has 0 aliphatic carbocycles. The molecule has 0 fully saturated rings. The first-order chi connectivity index (χ1) is 8.29. The highest BCUT2D eigenvalue weighted by atomic mass is 16.5. The van der Waals surface area contributed by atoms with Crippen LogP contribution in [0.5, 0.6) is 5.75 Å². The number of hydrogen-bond acceptors (Lipinski definition) is 2. The molecular weight excluding hydrogens is 226 g/mol. The largest absolute Gasteiger partial charge is 0.491 e. The van der Waals surface area contributed by atoms with Crippen LogP contribution in [0.4, 0.5) is 0 Å². The Labute approximate surface area is 110 Å². The molecule has 0 aliphatic heterocycles. The van der Waals surface area contributed by atoms with E-state index < -0.39 is 0 Å². The van der Waals surface area contributed by atoms with Gasteiger partial charge < -0.3 is 10.1 Å². The summed E-state index contributed by atoms with van der Waals surface area (Å²) in [6, 6.07) is 7.81. The van der Waals surface area contributed by atoms with E-state index in [1.807, 2.05) is 58.9 Å². The lowest BCUT2D eigenvalue weighted by Crippen LogP contribution is -2.34. The van der Waals surface area contributed by atoms with E-state index in [4.69, 9.17) is 4.74 Å². The highest BCUT2D eigenvalue weighted by molar-refractivity contribution is 5.81. The van der Waals surface area contributed by atoms with Crippen LogP contribution in [0.3, 0.4) is 0 Å². The number of amides is 1. The molecule has 0 spiro atoms. The zero-order valence-electron chi connectivity index (χ0n) is 11.9. The summed E-state index contributed by atoms with van der Waals surface area (Å²) in [4.78, 5) is 11.8. The monoisotopic (exact) mass is 249 g/mol. The van der Waals surface area contributed by atoms with Gasteiger partial charge in [-0.3, -0.25) is 4.79 Å². The Kier molecular flexibility index (Phi) is 4.76. The maximum Gasteiger partial charge on any atom is 0.225 e. The Balaban J connectivity index is 2.60. The van der Waals surface area contributed by atoms with Crippen LogP contribution in [-0.2, 0) is 11.3 Å². The van der Waals surface area contributed by atoms with E-state index in [1.54, 1.807) is 0 Å². The summed E-state index contributed by atoms with van der Waals surface area (Å²) < 4.78 is 5.62. The lowest BCUT2D eigenvalue weighted by molar-refractivity contribution is -0.128. The first-order valence-corrected chi connectivity index (χ1v) is 6.33. The second-order valence-corrected chi connectivity index (χ2v) is 5.75. The van der Waals surface area contributed by atoms with Gasteiger partial charge in [0.25, 0.3) is 0 Å². The number of ether oxygens (including phenoxy) is 1. The molecule has 1 aromatic rings. The molecule has 1 amide bonds. The van der Waals surface area contributed by atoms with E-state index in [9.17, 15) is 4.79 Å². The van der Waals surface area contributed by atoms with Crippen molar-refractivity contribution in [3.63, 3.8) is 0 Å². The van der Waals surface area contributed by atoms with Gasteiger partial charge in [0, 0.05) is 12.0 Å². The quantitative estimate of drug-likeness (QED) is 0.890. The minimum Gasteiger partial charge on any atom is -0.491 e. The van der Waals surface area contributed by atoms with Crippen molar-refractivity contribution in [3.05, 3.63) is 29.8 Å². The zero-order valence-corrected chi connectivity index (χ0v) is 11.9. The molecule has 0 atom stereocenters. The Bertz CT molecular complexity index is 405. The lowest BCUT2D eigenvalue weighted by Gasteiger charge is -2.18. The molecule has 0 radical (unpaired) electrons. The third-order valence-corrected chi connectivity index (χ3v) is 2.40. The van der Waals surface area contributed by atoms with Gasteiger partial charge >= 0.3 is 0 Å². The van der Waals surface area contributed by atoms with Crippen LogP contribution in [-0.4, -0.2) is 12.0 Å². The molecule has 3 nitrogen and oxygen atoms in total. The second-order valence-electron chi connectivity index (χ2n) is 5.75. The summed E-state index contributed by atoms with van der Waals surface area (Å²) in [6.45, 7) is 10.2. The summed E-state index contributed by atoms with van der Waals surface area (Å²) >= 11 is 0. The highest BCUT2D eigenvalue weighted by Crippen LogP contribution is 2.16. The molecule has 0 unspecified atom stereocenters. The SMILES string of the molecule is CC(C)Oc1cccc(CNC(=O)C(C)(C)C)c1. The average Bonchev–Trinajstić information content (AvgIpc) is 2.24. The fraction of sp³-hybridized carbons (Fsp3) is 0.533. The van der Waals surface area contributed by atoms with E-state index >= 15 is 0 Å². The summed E-state index contributed by atoms with van der Waals surface area (Å²) in [7, 11) is 0. The van der Waals surface area contributed by atoms with Crippen molar-refractivity contribution in [1.82, 2.24) is 5.32 Å². The molecule has 18 heavy (non-hydrogen) atoms. The van der Waals surface area contributed by atoms with Gasteiger partial charge in [0.15, 0.2) is 0 Å². The molecule has 3 heteroatoms. The van der Waals surface area contributed by atoms with E-state index in [1.165, 1.54) is 0 Å². The smallest absolute Gasteiger partial charge is 0.225 e. The van der Waals surface area contributed by atoms with Crippen molar-refractivity contribution >= 4 is 5.91 Å². The minimum absolute atomic E-state index is 0.0534. The van der Waals surface area contributed by atoms with Gasteiger partial charge in [-0.2, -0.15) is 0 Å². The highest BCUT2D eigenvalue weighted by Gasteiger charge is 2.20. The molecule has 0 aromatic heterocycles.